The van der Waals surface area contributed by atoms with Crippen LogP contribution in [0.2, 0.25) is 0 Å². The van der Waals surface area contributed by atoms with E-state index in [1.807, 2.05) is 30.9 Å². The number of benzene rings is 3. The van der Waals surface area contributed by atoms with Crippen molar-refractivity contribution in [3.63, 3.8) is 0 Å². The first-order chi connectivity index (χ1) is 19.9. The predicted molar refractivity (Wildman–Crippen MR) is 161 cm³/mol. The van der Waals surface area contributed by atoms with Gasteiger partial charge in [0.1, 0.15) is 16.5 Å². The molecule has 0 aromatic heterocycles. The Morgan fingerprint density at radius 3 is 2.17 bits per heavy atom. The van der Waals surface area contributed by atoms with Crippen molar-refractivity contribution in [2.45, 2.75) is 37.6 Å². The van der Waals surface area contributed by atoms with Crippen LogP contribution in [0.4, 0.5) is 31.5 Å². The van der Waals surface area contributed by atoms with Gasteiger partial charge in [0.05, 0.1) is 17.1 Å². The number of aryl methyl sites for hydroxylation is 2. The van der Waals surface area contributed by atoms with Gasteiger partial charge in [0.25, 0.3) is 5.91 Å². The Labute approximate surface area is 245 Å². The number of carbonyl (C=O) groups excluding carboxylic acids is 1. The van der Waals surface area contributed by atoms with Gasteiger partial charge in [0, 0.05) is 56.6 Å². The summed E-state index contributed by atoms with van der Waals surface area (Å²) < 4.78 is 52.9. The minimum atomic E-state index is -4.26. The summed E-state index contributed by atoms with van der Waals surface area (Å²) in [4.78, 5) is 18.5. The SMILES string of the molecule is Cc1cc(C)c(C(=O)N2CCN(c3cccc(F)c3S(N)(=O)=O)CC2)cc1NC1CCN(c2c(N)cccc2F)CC1. The largest absolute Gasteiger partial charge is 0.397 e. The van der Waals surface area contributed by atoms with Gasteiger partial charge in [0.15, 0.2) is 0 Å². The molecule has 0 aliphatic carbocycles. The van der Waals surface area contributed by atoms with Gasteiger partial charge in [-0.05, 0) is 68.1 Å². The number of anilines is 4. The smallest absolute Gasteiger partial charge is 0.254 e. The molecule has 0 saturated carbocycles. The topological polar surface area (TPSA) is 125 Å². The molecule has 2 aliphatic heterocycles. The number of nitrogens with zero attached hydrogens (tertiary/aromatic N) is 3. The number of halogens is 2. The average Bonchev–Trinajstić information content (AvgIpc) is 2.94. The molecule has 2 saturated heterocycles. The third-order valence-electron chi connectivity index (χ3n) is 8.13. The molecule has 3 aromatic rings. The van der Waals surface area contributed by atoms with Crippen LogP contribution >= 0.6 is 0 Å². The highest BCUT2D eigenvalue weighted by molar-refractivity contribution is 7.89. The van der Waals surface area contributed by atoms with E-state index in [9.17, 15) is 22.0 Å². The van der Waals surface area contributed by atoms with Gasteiger partial charge in [-0.15, -0.1) is 0 Å². The van der Waals surface area contributed by atoms with Gasteiger partial charge >= 0.3 is 0 Å². The molecule has 0 spiro atoms. The third-order valence-corrected chi connectivity index (χ3v) is 9.10. The summed E-state index contributed by atoms with van der Waals surface area (Å²) in [5.74, 6) is -1.34. The number of nitrogens with two attached hydrogens (primary N) is 2. The zero-order chi connectivity index (χ0) is 30.2. The van der Waals surface area contributed by atoms with Crippen molar-refractivity contribution in [2.75, 3.05) is 60.1 Å². The van der Waals surface area contributed by atoms with E-state index in [2.05, 4.69) is 5.32 Å². The molecule has 224 valence electrons. The van der Waals surface area contributed by atoms with Crippen molar-refractivity contribution in [1.29, 1.82) is 0 Å². The van der Waals surface area contributed by atoms with Gasteiger partial charge in [-0.3, -0.25) is 4.79 Å². The lowest BCUT2D eigenvalue weighted by atomic mass is 9.99. The van der Waals surface area contributed by atoms with Crippen LogP contribution in [0, 0.1) is 25.5 Å². The lowest BCUT2D eigenvalue weighted by molar-refractivity contribution is 0.0746. The molecule has 2 aliphatic rings. The Hall–Kier alpha value is -3.90. The van der Waals surface area contributed by atoms with E-state index in [4.69, 9.17) is 10.9 Å². The number of nitrogen functional groups attached to an aromatic ring is 1. The van der Waals surface area contributed by atoms with E-state index in [0.29, 0.717) is 56.2 Å². The highest BCUT2D eigenvalue weighted by Crippen LogP contribution is 2.32. The van der Waals surface area contributed by atoms with E-state index in [1.165, 1.54) is 18.2 Å². The molecule has 5 rings (SSSR count). The quantitative estimate of drug-likeness (QED) is 0.368. The summed E-state index contributed by atoms with van der Waals surface area (Å²) in [7, 11) is -4.26. The first-order valence-electron chi connectivity index (χ1n) is 14.0. The average molecular weight is 599 g/mol. The Morgan fingerprint density at radius 1 is 0.881 bits per heavy atom. The maximum atomic E-state index is 14.4. The number of sulfonamides is 1. The summed E-state index contributed by atoms with van der Waals surface area (Å²) in [5.41, 5.74) is 10.5. The first-order valence-corrected chi connectivity index (χ1v) is 15.5. The standard InChI is InChI=1S/C30H36F2N6O3S/c1-19-17-20(2)26(35-21-9-11-37(12-10-21)28-23(31)5-3-7-25(28)33)18-22(19)30(39)38-15-13-36(14-16-38)27-8-4-6-24(32)29(27)42(34,40)41/h3-8,17-18,21,35H,9-16,33H2,1-2H3,(H2,34,40,41). The highest BCUT2D eigenvalue weighted by atomic mass is 32.2. The molecule has 12 heteroatoms. The fourth-order valence-electron chi connectivity index (χ4n) is 5.92. The zero-order valence-corrected chi connectivity index (χ0v) is 24.6. The van der Waals surface area contributed by atoms with Gasteiger partial charge in [-0.25, -0.2) is 22.3 Å². The lowest BCUT2D eigenvalue weighted by Crippen LogP contribution is -2.49. The Bertz CT molecular complexity index is 1580. The lowest BCUT2D eigenvalue weighted by Gasteiger charge is -2.37. The van der Waals surface area contributed by atoms with Crippen molar-refractivity contribution in [3.8, 4) is 0 Å². The summed E-state index contributed by atoms with van der Waals surface area (Å²) in [6.45, 7) is 6.56. The molecule has 0 unspecified atom stereocenters. The van der Waals surface area contributed by atoms with E-state index in [1.54, 1.807) is 21.9 Å². The minimum Gasteiger partial charge on any atom is -0.397 e. The second-order valence-electron chi connectivity index (χ2n) is 11.0. The molecule has 0 bridgehead atoms. The van der Waals surface area contributed by atoms with Crippen LogP contribution < -0.4 is 26.0 Å². The molecule has 2 fully saturated rings. The second kappa shape index (κ2) is 11.8. The fourth-order valence-corrected chi connectivity index (χ4v) is 6.75. The van der Waals surface area contributed by atoms with E-state index < -0.39 is 20.7 Å². The number of hydrogen-bond donors (Lipinski definition) is 3. The number of carbonyl (C=O) groups is 1. The number of para-hydroxylation sites is 1. The number of piperazine rings is 1. The van der Waals surface area contributed by atoms with Crippen LogP contribution in [0.5, 0.6) is 0 Å². The number of hydrogen-bond acceptors (Lipinski definition) is 7. The van der Waals surface area contributed by atoms with Crippen LogP contribution in [-0.2, 0) is 10.0 Å². The van der Waals surface area contributed by atoms with Crippen molar-refractivity contribution in [3.05, 3.63) is 76.9 Å². The van der Waals surface area contributed by atoms with Gasteiger partial charge < -0.3 is 25.8 Å². The van der Waals surface area contributed by atoms with Crippen molar-refractivity contribution >= 4 is 38.7 Å². The summed E-state index contributed by atoms with van der Waals surface area (Å²) >= 11 is 0. The van der Waals surface area contributed by atoms with Crippen molar-refractivity contribution in [2.24, 2.45) is 5.14 Å². The van der Waals surface area contributed by atoms with Crippen LogP contribution in [0.3, 0.4) is 0 Å². The Kier molecular flexibility index (Phi) is 8.29. The summed E-state index contributed by atoms with van der Waals surface area (Å²) in [6, 6.07) is 12.8. The van der Waals surface area contributed by atoms with Gasteiger partial charge in [0.2, 0.25) is 10.0 Å². The molecule has 0 radical (unpaired) electrons. The van der Waals surface area contributed by atoms with Crippen LogP contribution in [0.25, 0.3) is 0 Å². The molecule has 2 heterocycles. The first kappa shape index (κ1) is 29.6. The van der Waals surface area contributed by atoms with Crippen LogP contribution in [0.15, 0.2) is 53.4 Å². The Morgan fingerprint density at radius 2 is 1.52 bits per heavy atom. The van der Waals surface area contributed by atoms with Crippen molar-refractivity contribution < 1.29 is 22.0 Å². The molecule has 1 amide bonds. The normalized spacial score (nSPS) is 16.5. The number of piperidine rings is 1. The highest BCUT2D eigenvalue weighted by Gasteiger charge is 2.29. The third kappa shape index (κ3) is 6.00. The maximum Gasteiger partial charge on any atom is 0.254 e. The number of primary sulfonamides is 1. The molecule has 5 N–H and O–H groups in total. The number of rotatable bonds is 6. The van der Waals surface area contributed by atoms with Gasteiger partial charge in [-0.2, -0.15) is 0 Å². The fraction of sp³-hybridized carbons (Fsp3) is 0.367. The predicted octanol–water partition coefficient (Wildman–Crippen LogP) is 3.85. The van der Waals surface area contributed by atoms with E-state index in [-0.39, 0.29) is 23.5 Å². The van der Waals surface area contributed by atoms with E-state index in [0.717, 1.165) is 35.7 Å². The number of nitrogens with one attached hydrogen (secondary N) is 1. The van der Waals surface area contributed by atoms with Crippen LogP contribution in [0.1, 0.15) is 34.3 Å². The summed E-state index contributed by atoms with van der Waals surface area (Å²) in [5, 5.41) is 8.88. The molecule has 0 atom stereocenters. The van der Waals surface area contributed by atoms with Crippen molar-refractivity contribution in [1.82, 2.24) is 4.90 Å². The van der Waals surface area contributed by atoms with Crippen LogP contribution in [-0.4, -0.2) is 64.5 Å². The molecular weight excluding hydrogens is 562 g/mol. The number of amides is 1. The molecular formula is C30H36F2N6O3S. The molecule has 42 heavy (non-hydrogen) atoms. The summed E-state index contributed by atoms with van der Waals surface area (Å²) in [6.07, 6.45) is 1.57. The molecule has 3 aromatic carbocycles. The second-order valence-corrected chi connectivity index (χ2v) is 12.5. The van der Waals surface area contributed by atoms with E-state index >= 15 is 0 Å². The maximum absolute atomic E-state index is 14.4. The minimum absolute atomic E-state index is 0.119. The monoisotopic (exact) mass is 598 g/mol. The Balaban J connectivity index is 1.25. The van der Waals surface area contributed by atoms with Gasteiger partial charge in [-0.1, -0.05) is 18.2 Å². The molecule has 9 nitrogen and oxygen atoms in total. The zero-order valence-electron chi connectivity index (χ0n) is 23.7.